The van der Waals surface area contributed by atoms with Crippen LogP contribution in [0.5, 0.6) is 0 Å². The van der Waals surface area contributed by atoms with Crippen molar-refractivity contribution in [3.05, 3.63) is 88.3 Å². The second-order valence-electron chi connectivity index (χ2n) is 6.46. The second-order valence-corrected chi connectivity index (χ2v) is 7.32. The van der Waals surface area contributed by atoms with Gasteiger partial charge < -0.3 is 5.32 Å². The Morgan fingerprint density at radius 2 is 1.75 bits per heavy atom. The monoisotopic (exact) mass is 389 g/mol. The minimum absolute atomic E-state index is 0.0410. The molecule has 0 aliphatic rings. The fourth-order valence-corrected chi connectivity index (χ4v) is 4.02. The summed E-state index contributed by atoms with van der Waals surface area (Å²) >= 11 is 1.44. The molecular weight excluding hydrogens is 370 g/mol. The fraction of sp³-hybridized carbons (Fsp3) is 0.136. The van der Waals surface area contributed by atoms with Crippen molar-refractivity contribution in [2.75, 3.05) is 6.54 Å². The zero-order valence-corrected chi connectivity index (χ0v) is 16.0. The molecule has 0 aliphatic carbocycles. The quantitative estimate of drug-likeness (QED) is 0.549. The van der Waals surface area contributed by atoms with E-state index in [2.05, 4.69) is 10.3 Å². The highest BCUT2D eigenvalue weighted by atomic mass is 32.1. The zero-order chi connectivity index (χ0) is 19.3. The van der Waals surface area contributed by atoms with Crippen molar-refractivity contribution in [1.82, 2.24) is 14.9 Å². The van der Waals surface area contributed by atoms with E-state index in [0.29, 0.717) is 16.8 Å². The maximum absolute atomic E-state index is 13.0. The molecule has 0 spiro atoms. The number of nitrogens with one attached hydrogen (secondary N) is 1. The summed E-state index contributed by atoms with van der Waals surface area (Å²) in [7, 11) is 0. The van der Waals surface area contributed by atoms with Gasteiger partial charge in [0.05, 0.1) is 11.7 Å². The lowest BCUT2D eigenvalue weighted by Gasteiger charge is -2.08. The second kappa shape index (κ2) is 8.19. The van der Waals surface area contributed by atoms with E-state index >= 15 is 0 Å². The van der Waals surface area contributed by atoms with E-state index in [1.165, 1.54) is 22.2 Å². The van der Waals surface area contributed by atoms with Gasteiger partial charge in [0, 0.05) is 17.5 Å². The number of carbonyl (C=O) groups excluding carboxylic acids is 1. The molecule has 0 aliphatic heterocycles. The van der Waals surface area contributed by atoms with Gasteiger partial charge in [0.15, 0.2) is 0 Å². The molecule has 0 radical (unpaired) electrons. The molecule has 2 heterocycles. The van der Waals surface area contributed by atoms with Gasteiger partial charge in [0.1, 0.15) is 11.4 Å². The Morgan fingerprint density at radius 3 is 2.50 bits per heavy atom. The number of amides is 1. The molecule has 140 valence electrons. The van der Waals surface area contributed by atoms with E-state index in [9.17, 15) is 9.59 Å². The SMILES string of the molecule is O=C(Cn1cnc2scc(-c3ccccc3)c2c1=O)NCCc1ccccc1. The molecule has 2 aromatic carbocycles. The maximum Gasteiger partial charge on any atom is 0.263 e. The number of nitrogens with zero attached hydrogens (tertiary/aromatic N) is 2. The number of carbonyl (C=O) groups is 1. The molecule has 5 nitrogen and oxygen atoms in total. The molecule has 4 aromatic rings. The zero-order valence-electron chi connectivity index (χ0n) is 15.2. The van der Waals surface area contributed by atoms with Gasteiger partial charge in [-0.1, -0.05) is 60.7 Å². The first kappa shape index (κ1) is 18.1. The van der Waals surface area contributed by atoms with Gasteiger partial charge in [-0.3, -0.25) is 14.2 Å². The van der Waals surface area contributed by atoms with E-state index in [-0.39, 0.29) is 18.0 Å². The molecule has 28 heavy (non-hydrogen) atoms. The number of hydrogen-bond donors (Lipinski definition) is 1. The molecule has 1 amide bonds. The molecular formula is C22H19N3O2S. The third-order valence-corrected chi connectivity index (χ3v) is 5.42. The van der Waals surface area contributed by atoms with Crippen molar-refractivity contribution in [1.29, 1.82) is 0 Å². The predicted octanol–water partition coefficient (Wildman–Crippen LogP) is 3.48. The van der Waals surface area contributed by atoms with Crippen LogP contribution in [0.2, 0.25) is 0 Å². The van der Waals surface area contributed by atoms with Gasteiger partial charge in [0.25, 0.3) is 5.56 Å². The van der Waals surface area contributed by atoms with Gasteiger partial charge in [-0.05, 0) is 17.5 Å². The van der Waals surface area contributed by atoms with Crippen molar-refractivity contribution >= 4 is 27.5 Å². The molecule has 2 aromatic heterocycles. The van der Waals surface area contributed by atoms with Crippen molar-refractivity contribution in [3.63, 3.8) is 0 Å². The van der Waals surface area contributed by atoms with E-state index in [0.717, 1.165) is 23.1 Å². The van der Waals surface area contributed by atoms with Crippen LogP contribution in [-0.2, 0) is 17.8 Å². The Balaban J connectivity index is 1.50. The lowest BCUT2D eigenvalue weighted by atomic mass is 10.1. The normalized spacial score (nSPS) is 10.9. The van der Waals surface area contributed by atoms with Crippen molar-refractivity contribution in [2.24, 2.45) is 0 Å². The lowest BCUT2D eigenvalue weighted by molar-refractivity contribution is -0.121. The Labute approximate surface area is 166 Å². The van der Waals surface area contributed by atoms with Crippen LogP contribution in [-0.4, -0.2) is 22.0 Å². The number of thiophene rings is 1. The van der Waals surface area contributed by atoms with Crippen LogP contribution >= 0.6 is 11.3 Å². The summed E-state index contributed by atoms with van der Waals surface area (Å²) in [6.07, 6.45) is 2.20. The Hall–Kier alpha value is -3.25. The van der Waals surface area contributed by atoms with Gasteiger partial charge >= 0.3 is 0 Å². The number of hydrogen-bond acceptors (Lipinski definition) is 4. The van der Waals surface area contributed by atoms with E-state index in [4.69, 9.17) is 0 Å². The lowest BCUT2D eigenvalue weighted by Crippen LogP contribution is -2.33. The van der Waals surface area contributed by atoms with Crippen LogP contribution in [0.1, 0.15) is 5.56 Å². The topological polar surface area (TPSA) is 64.0 Å². The Morgan fingerprint density at radius 1 is 1.04 bits per heavy atom. The summed E-state index contributed by atoms with van der Waals surface area (Å²) in [5, 5.41) is 5.38. The predicted molar refractivity (Wildman–Crippen MR) is 112 cm³/mol. The summed E-state index contributed by atoms with van der Waals surface area (Å²) in [6, 6.07) is 19.7. The molecule has 1 N–H and O–H groups in total. The van der Waals surface area contributed by atoms with Gasteiger partial charge in [-0.15, -0.1) is 11.3 Å². The van der Waals surface area contributed by atoms with Crippen LogP contribution in [0.25, 0.3) is 21.3 Å². The molecule has 0 unspecified atom stereocenters. The first-order chi connectivity index (χ1) is 13.7. The first-order valence-corrected chi connectivity index (χ1v) is 9.93. The highest BCUT2D eigenvalue weighted by molar-refractivity contribution is 7.17. The van der Waals surface area contributed by atoms with Gasteiger partial charge in [-0.2, -0.15) is 0 Å². The van der Waals surface area contributed by atoms with Crippen molar-refractivity contribution in [2.45, 2.75) is 13.0 Å². The minimum Gasteiger partial charge on any atom is -0.354 e. The van der Waals surface area contributed by atoms with Crippen molar-refractivity contribution < 1.29 is 4.79 Å². The van der Waals surface area contributed by atoms with Crippen LogP contribution in [0.15, 0.2) is 77.2 Å². The summed E-state index contributed by atoms with van der Waals surface area (Å²) in [4.78, 5) is 30.3. The Kier molecular flexibility index (Phi) is 5.30. The minimum atomic E-state index is -0.198. The molecule has 0 bridgehead atoms. The smallest absolute Gasteiger partial charge is 0.263 e. The number of aromatic nitrogens is 2. The van der Waals surface area contributed by atoms with Crippen LogP contribution < -0.4 is 10.9 Å². The number of rotatable bonds is 6. The maximum atomic E-state index is 13.0. The summed E-state index contributed by atoms with van der Waals surface area (Å²) in [5.41, 5.74) is 2.80. The molecule has 0 saturated carbocycles. The first-order valence-electron chi connectivity index (χ1n) is 9.05. The van der Waals surface area contributed by atoms with Crippen LogP contribution in [0, 0.1) is 0 Å². The van der Waals surface area contributed by atoms with Crippen molar-refractivity contribution in [3.8, 4) is 11.1 Å². The van der Waals surface area contributed by atoms with E-state index in [1.54, 1.807) is 0 Å². The largest absolute Gasteiger partial charge is 0.354 e. The highest BCUT2D eigenvalue weighted by Gasteiger charge is 2.14. The summed E-state index contributed by atoms with van der Waals surface area (Å²) in [6.45, 7) is 0.488. The standard InChI is InChI=1S/C22H19N3O2S/c26-19(23-12-11-16-7-3-1-4-8-16)13-25-15-24-21-20(22(25)27)18(14-28-21)17-9-5-2-6-10-17/h1-10,14-15H,11-13H2,(H,23,26). The molecule has 4 rings (SSSR count). The summed E-state index contributed by atoms with van der Waals surface area (Å²) < 4.78 is 1.37. The van der Waals surface area contributed by atoms with Crippen LogP contribution in [0.4, 0.5) is 0 Å². The third kappa shape index (κ3) is 3.87. The van der Waals surface area contributed by atoms with Gasteiger partial charge in [-0.25, -0.2) is 4.98 Å². The number of benzene rings is 2. The van der Waals surface area contributed by atoms with Gasteiger partial charge in [0.2, 0.25) is 5.91 Å². The summed E-state index contributed by atoms with van der Waals surface area (Å²) in [5.74, 6) is -0.198. The number of fused-ring (bicyclic) bond motifs is 1. The molecule has 0 fully saturated rings. The van der Waals surface area contributed by atoms with E-state index < -0.39 is 0 Å². The van der Waals surface area contributed by atoms with Crippen LogP contribution in [0.3, 0.4) is 0 Å². The fourth-order valence-electron chi connectivity index (χ4n) is 3.11. The molecule has 0 saturated heterocycles. The Bertz CT molecular complexity index is 1150. The highest BCUT2D eigenvalue weighted by Crippen LogP contribution is 2.30. The molecule has 6 heteroatoms. The molecule has 0 atom stereocenters. The third-order valence-electron chi connectivity index (χ3n) is 4.54. The average Bonchev–Trinajstić information content (AvgIpc) is 3.16. The average molecular weight is 389 g/mol. The van der Waals surface area contributed by atoms with E-state index in [1.807, 2.05) is 66.0 Å².